The molecule has 9 N–H and O–H groups in total. The van der Waals surface area contributed by atoms with Crippen molar-refractivity contribution in [2.75, 3.05) is 84.4 Å². The summed E-state index contributed by atoms with van der Waals surface area (Å²) < 4.78 is 95.6. The van der Waals surface area contributed by atoms with Crippen LogP contribution in [-0.4, -0.2) is 165 Å². The Morgan fingerprint density at radius 3 is 1.13 bits per heavy atom. The van der Waals surface area contributed by atoms with Gasteiger partial charge in [-0.3, -0.25) is 28.5 Å². The molecular weight excluding hydrogens is 1620 g/mol. The molecule has 0 aromatic carbocycles. The van der Waals surface area contributed by atoms with Gasteiger partial charge >= 0.3 is 0 Å². The Morgan fingerprint density at radius 2 is 0.780 bits per heavy atom. The number of rotatable bonds is 15. The fourth-order valence-corrected chi connectivity index (χ4v) is 20.2. The highest BCUT2D eigenvalue weighted by molar-refractivity contribution is 8.06. The zero-order valence-electron chi connectivity index (χ0n) is 71.5. The van der Waals surface area contributed by atoms with Crippen LogP contribution in [0.25, 0.3) is 17.5 Å². The number of anilines is 5. The van der Waals surface area contributed by atoms with Crippen LogP contribution >= 0.6 is 0 Å². The second-order valence-corrected chi connectivity index (χ2v) is 42.5. The number of hydrogen-bond donors (Lipinski definition) is 9. The molecule has 0 spiro atoms. The van der Waals surface area contributed by atoms with Crippen molar-refractivity contribution in [2.45, 2.75) is 205 Å². The highest BCUT2D eigenvalue weighted by atomic mass is 32.2. The number of hydrogen-bond acceptors (Lipinski definition) is 27. The number of amides is 3. The van der Waals surface area contributed by atoms with Crippen LogP contribution in [0.1, 0.15) is 209 Å². The molecule has 652 valence electrons. The van der Waals surface area contributed by atoms with Gasteiger partial charge in [0, 0.05) is 92.7 Å². The van der Waals surface area contributed by atoms with Crippen LogP contribution in [0.2, 0.25) is 0 Å². The van der Waals surface area contributed by atoms with Crippen LogP contribution in [0, 0.1) is 54.4 Å². The molecule has 3 saturated heterocycles. The standard InChI is InChI=1S/2C29H38N8O3S.C29H36N8O3S/c3*1-28(2)18-20-6-5-15-31-22-7-4-8-25(32-22)41(30,39)35-27(38)21-9-10-23(33-26(21)36(28)19-20)37-16-11-24(34-37)40-17-14-29(3)12-13-29/h2*4,7-11,16,20H,5-6,12-15,17-19H2,1-3H3,(H,31,32)(H2,30,35,38,39);4,8-11,16,20H,5-6,12-15,17-19H2,1-3H3,(H2-,30,31,32,35,38,39)/p+1. The first-order valence-corrected chi connectivity index (χ1v) is 47.5. The van der Waals surface area contributed by atoms with E-state index in [9.17, 15) is 27.0 Å². The molecule has 10 aliphatic rings. The van der Waals surface area contributed by atoms with Crippen LogP contribution < -0.4 is 59.0 Å². The van der Waals surface area contributed by atoms with E-state index in [-0.39, 0.29) is 48.4 Å². The molecule has 3 saturated carbocycles. The second kappa shape index (κ2) is 33.9. The minimum atomic E-state index is -3.74. The number of ether oxygens (including phenoxy) is 3. The van der Waals surface area contributed by atoms with Crippen molar-refractivity contribution < 1.29 is 41.2 Å². The molecule has 6 fully saturated rings. The van der Waals surface area contributed by atoms with E-state index in [1.165, 1.54) is 56.7 Å². The number of allylic oxidation sites excluding steroid dienone is 2. The number of nitrogens with zero attached hydrogens (tertiary/aromatic N) is 15. The van der Waals surface area contributed by atoms with Gasteiger partial charge < -0.3 is 44.9 Å². The molecule has 7 aliphatic heterocycles. The number of pyridine rings is 5. The molecule has 6 atom stereocenters. The summed E-state index contributed by atoms with van der Waals surface area (Å²) in [6.07, 6.45) is 30.5. The van der Waals surface area contributed by atoms with Gasteiger partial charge in [0.2, 0.25) is 22.7 Å². The van der Waals surface area contributed by atoms with Gasteiger partial charge in [-0.05, 0) is 252 Å². The molecular formula is C87H113N24O9S3+. The summed E-state index contributed by atoms with van der Waals surface area (Å²) in [6.45, 7) is 25.9. The first-order valence-electron chi connectivity index (χ1n) is 42.8. The Bertz CT molecular complexity index is 5550. The van der Waals surface area contributed by atoms with Crippen LogP contribution in [0.15, 0.2) is 143 Å². The van der Waals surface area contributed by atoms with Crippen LogP contribution in [0.3, 0.4) is 0 Å². The smallest absolute Gasteiger partial charge is 0.280 e. The van der Waals surface area contributed by atoms with Crippen LogP contribution in [0.5, 0.6) is 17.6 Å². The predicted molar refractivity (Wildman–Crippen MR) is 471 cm³/mol. The Hall–Kier alpha value is -11.1. The van der Waals surface area contributed by atoms with E-state index >= 15 is 0 Å². The average molecular weight is 1740 g/mol. The van der Waals surface area contributed by atoms with Crippen molar-refractivity contribution in [1.82, 2.24) is 73.7 Å². The number of carbonyl (C=O) groups is 3. The molecule has 8 aromatic rings. The topological polar surface area (TPSA) is 414 Å². The van der Waals surface area contributed by atoms with E-state index in [1.54, 1.807) is 99.4 Å². The Labute approximate surface area is 720 Å². The third-order valence-corrected chi connectivity index (χ3v) is 29.4. The van der Waals surface area contributed by atoms with E-state index in [2.05, 4.69) is 143 Å². The molecule has 123 heavy (non-hydrogen) atoms. The molecule has 15 heterocycles. The Balaban J connectivity index is 0.000000137. The normalized spacial score (nSPS) is 25.3. The number of aromatic nitrogens is 11. The zero-order chi connectivity index (χ0) is 86.5. The second-order valence-electron chi connectivity index (χ2n) is 37.3. The molecule has 3 amide bonds. The molecule has 12 bridgehead atoms. The van der Waals surface area contributed by atoms with E-state index in [0.29, 0.717) is 143 Å². The van der Waals surface area contributed by atoms with Gasteiger partial charge in [0.05, 0.1) is 36.5 Å². The van der Waals surface area contributed by atoms with E-state index in [4.69, 9.17) is 43.5 Å². The van der Waals surface area contributed by atoms with Crippen molar-refractivity contribution in [3.63, 3.8) is 0 Å². The van der Waals surface area contributed by atoms with E-state index in [0.717, 1.165) is 96.7 Å². The summed E-state index contributed by atoms with van der Waals surface area (Å²) >= 11 is 0. The highest BCUT2D eigenvalue weighted by Crippen LogP contribution is 2.50. The van der Waals surface area contributed by atoms with Crippen molar-refractivity contribution >= 4 is 81.6 Å². The van der Waals surface area contributed by atoms with E-state index < -0.39 is 47.5 Å². The van der Waals surface area contributed by atoms with Gasteiger partial charge in [-0.25, -0.2) is 65.9 Å². The lowest BCUT2D eigenvalue weighted by Gasteiger charge is -2.34. The van der Waals surface area contributed by atoms with Crippen molar-refractivity contribution in [1.29, 1.82) is 14.3 Å². The van der Waals surface area contributed by atoms with Gasteiger partial charge in [-0.1, -0.05) is 32.9 Å². The van der Waals surface area contributed by atoms with Crippen molar-refractivity contribution in [3.05, 3.63) is 150 Å². The molecule has 0 radical (unpaired) electrons. The first-order chi connectivity index (χ1) is 58.5. The Kier molecular flexibility index (Phi) is 23.5. The van der Waals surface area contributed by atoms with Crippen molar-refractivity contribution in [3.8, 4) is 35.1 Å². The third kappa shape index (κ3) is 20.1. The maximum atomic E-state index is 13.6. The van der Waals surface area contributed by atoms with Gasteiger partial charge in [-0.15, -0.1) is 15.3 Å². The quantitative estimate of drug-likeness (QED) is 0.0430. The summed E-state index contributed by atoms with van der Waals surface area (Å²) in [5, 5.41) is 23.5. The minimum Gasteiger partial charge on any atom is -0.477 e. The summed E-state index contributed by atoms with van der Waals surface area (Å²) in [7, 11) is -11.2. The summed E-state index contributed by atoms with van der Waals surface area (Å²) in [6, 6.07) is 25.5. The highest BCUT2D eigenvalue weighted by Gasteiger charge is 2.46. The van der Waals surface area contributed by atoms with Crippen molar-refractivity contribution in [2.24, 2.45) is 39.0 Å². The molecule has 18 rings (SSSR count). The first kappa shape index (κ1) is 85.5. The lowest BCUT2D eigenvalue weighted by atomic mass is 9.93. The number of aliphatic imine (C=N–C) groups is 1. The van der Waals surface area contributed by atoms with Gasteiger partial charge in [-0.2, -0.15) is 4.99 Å². The molecule has 36 heteroatoms. The molecule has 6 unspecified atom stereocenters. The monoisotopic (exact) mass is 1730 g/mol. The SMILES string of the molecule is CC1(CCOc2ccn(-c3ccc4c(n3)N3CC(CCCNC5=[C+]C=CC(=N5)S(=N)(=O)NC4=O)CC3(C)C)n2)CC1.CC1(CCOc2ccn(-c3ccc4c(n3)N3CC(CCCNc5cccc(n5)S(=N)(=O)NC4=O)CC3(C)C)n2)CC1.CC1(CCOc2ccn(-c3ccc4c(n3)N3CC(CCCNc5cccc(n5)S(=N)(=O)NC4=O)CC3(C)C)n2)CC1. The maximum absolute atomic E-state index is 13.6. The van der Waals surface area contributed by atoms with Gasteiger partial charge in [0.15, 0.2) is 63.3 Å². The minimum absolute atomic E-state index is 0.00115. The predicted octanol–water partition coefficient (Wildman–Crippen LogP) is 13.7. The number of nitrogens with one attached hydrogen (secondary N) is 9. The molecule has 8 aromatic heterocycles. The number of carbonyl (C=O) groups excluding carboxylic acids is 3. The summed E-state index contributed by atoms with van der Waals surface area (Å²) in [5.41, 5.74) is 1.19. The summed E-state index contributed by atoms with van der Waals surface area (Å²) in [4.78, 5) is 75.2. The molecule has 3 aliphatic carbocycles. The zero-order valence-corrected chi connectivity index (χ0v) is 73.9. The van der Waals surface area contributed by atoms with Crippen LogP contribution in [0.4, 0.5) is 29.1 Å². The van der Waals surface area contributed by atoms with Crippen LogP contribution in [-0.2, 0) is 29.7 Å². The summed E-state index contributed by atoms with van der Waals surface area (Å²) in [5.74, 6) is 5.47. The fraction of sp³-hybridized carbons (Fsp3) is 0.517. The van der Waals surface area contributed by atoms with E-state index in [1.807, 2.05) is 18.2 Å². The number of fused-ring (bicyclic) bond motifs is 17. The third-order valence-electron chi connectivity index (χ3n) is 25.5. The lowest BCUT2D eigenvalue weighted by Crippen LogP contribution is -2.41. The fourth-order valence-electron chi connectivity index (χ4n) is 17.3. The lowest BCUT2D eigenvalue weighted by molar-refractivity contribution is 0.0973. The molecule has 33 nitrogen and oxygen atoms in total. The largest absolute Gasteiger partial charge is 0.477 e. The Morgan fingerprint density at radius 1 is 0.439 bits per heavy atom. The van der Waals surface area contributed by atoms with Gasteiger partial charge in [0.25, 0.3) is 23.5 Å². The van der Waals surface area contributed by atoms with Gasteiger partial charge in [0.1, 0.15) is 41.2 Å². The maximum Gasteiger partial charge on any atom is 0.280 e. The average Bonchev–Trinajstić information content (AvgIpc) is 1.73.